The summed E-state index contributed by atoms with van der Waals surface area (Å²) in [6.07, 6.45) is 1.65. The fourth-order valence-electron chi connectivity index (χ4n) is 2.94. The van der Waals surface area contributed by atoms with Crippen LogP contribution in [0.4, 0.5) is 5.69 Å². The summed E-state index contributed by atoms with van der Waals surface area (Å²) < 4.78 is 5.48. The van der Waals surface area contributed by atoms with Gasteiger partial charge in [-0.05, 0) is 25.5 Å². The number of nitrogens with zero attached hydrogens (tertiary/aromatic N) is 2. The Morgan fingerprint density at radius 1 is 1.32 bits per heavy atom. The van der Waals surface area contributed by atoms with Crippen molar-refractivity contribution in [3.05, 3.63) is 24.3 Å². The van der Waals surface area contributed by atoms with Crippen LogP contribution in [0.25, 0.3) is 0 Å². The first-order chi connectivity index (χ1) is 10.7. The SMILES string of the molecule is CNC(=O)CCN1CCN(c2ccccc2OC)CCC1C. The van der Waals surface area contributed by atoms with Crippen molar-refractivity contribution in [1.82, 2.24) is 10.2 Å². The highest BCUT2D eigenvalue weighted by Gasteiger charge is 2.22. The zero-order chi connectivity index (χ0) is 15.9. The van der Waals surface area contributed by atoms with Gasteiger partial charge in [0, 0.05) is 45.7 Å². The van der Waals surface area contributed by atoms with Gasteiger partial charge in [-0.15, -0.1) is 0 Å². The summed E-state index contributed by atoms with van der Waals surface area (Å²) in [7, 11) is 3.41. The minimum absolute atomic E-state index is 0.109. The molecule has 0 radical (unpaired) electrons. The molecule has 1 aliphatic rings. The molecule has 1 aliphatic heterocycles. The fraction of sp³-hybridized carbons (Fsp3) is 0.588. The molecular formula is C17H27N3O2. The zero-order valence-electron chi connectivity index (χ0n) is 13.8. The number of benzene rings is 1. The van der Waals surface area contributed by atoms with Gasteiger partial charge in [0.15, 0.2) is 0 Å². The van der Waals surface area contributed by atoms with Crippen molar-refractivity contribution in [2.24, 2.45) is 0 Å². The van der Waals surface area contributed by atoms with Crippen LogP contribution >= 0.6 is 0 Å². The number of ether oxygens (including phenoxy) is 1. The largest absolute Gasteiger partial charge is 0.495 e. The molecule has 0 spiro atoms. The second kappa shape index (κ2) is 8.03. The number of hydrogen-bond acceptors (Lipinski definition) is 4. The molecule has 5 nitrogen and oxygen atoms in total. The fourth-order valence-corrected chi connectivity index (χ4v) is 2.94. The Kier molecular flexibility index (Phi) is 6.07. The van der Waals surface area contributed by atoms with E-state index in [1.807, 2.05) is 12.1 Å². The predicted molar refractivity (Wildman–Crippen MR) is 89.5 cm³/mol. The topological polar surface area (TPSA) is 44.8 Å². The van der Waals surface area contributed by atoms with Crippen molar-refractivity contribution in [3.8, 4) is 5.75 Å². The number of nitrogens with one attached hydrogen (secondary N) is 1. The maximum Gasteiger partial charge on any atom is 0.221 e. The van der Waals surface area contributed by atoms with Gasteiger partial charge in [0.1, 0.15) is 5.75 Å². The molecule has 2 rings (SSSR count). The Bertz CT molecular complexity index is 493. The standard InChI is InChI=1S/C17H27N3O2/c1-14-8-10-20(15-6-4-5-7-16(15)22-3)13-12-19(14)11-9-17(21)18-2/h4-7,14H,8-13H2,1-3H3,(H,18,21). The number of carbonyl (C=O) groups excluding carboxylic acids is 1. The third kappa shape index (κ3) is 4.13. The van der Waals surface area contributed by atoms with E-state index in [0.717, 1.165) is 44.0 Å². The molecule has 0 bridgehead atoms. The van der Waals surface area contributed by atoms with Crippen LogP contribution in [-0.2, 0) is 4.79 Å². The van der Waals surface area contributed by atoms with Crippen LogP contribution in [0, 0.1) is 0 Å². The van der Waals surface area contributed by atoms with E-state index >= 15 is 0 Å². The van der Waals surface area contributed by atoms with Crippen LogP contribution in [0.2, 0.25) is 0 Å². The Balaban J connectivity index is 2.00. The van der Waals surface area contributed by atoms with Gasteiger partial charge in [-0.2, -0.15) is 0 Å². The van der Waals surface area contributed by atoms with Gasteiger partial charge in [-0.3, -0.25) is 9.69 Å². The van der Waals surface area contributed by atoms with E-state index in [0.29, 0.717) is 12.5 Å². The minimum atomic E-state index is 0.109. The van der Waals surface area contributed by atoms with Crippen molar-refractivity contribution in [1.29, 1.82) is 0 Å². The van der Waals surface area contributed by atoms with E-state index in [1.54, 1.807) is 14.2 Å². The minimum Gasteiger partial charge on any atom is -0.495 e. The van der Waals surface area contributed by atoms with Crippen LogP contribution in [0.5, 0.6) is 5.75 Å². The summed E-state index contributed by atoms with van der Waals surface area (Å²) in [5.41, 5.74) is 1.16. The molecule has 1 N–H and O–H groups in total. The molecule has 1 fully saturated rings. The highest BCUT2D eigenvalue weighted by molar-refractivity contribution is 5.75. The van der Waals surface area contributed by atoms with E-state index in [2.05, 4.69) is 34.2 Å². The number of para-hydroxylation sites is 2. The monoisotopic (exact) mass is 305 g/mol. The van der Waals surface area contributed by atoms with Crippen molar-refractivity contribution >= 4 is 11.6 Å². The van der Waals surface area contributed by atoms with E-state index in [-0.39, 0.29) is 5.91 Å². The molecule has 1 unspecified atom stereocenters. The Labute approximate surface area is 133 Å². The summed E-state index contributed by atoms with van der Waals surface area (Å²) in [6.45, 7) is 6.00. The van der Waals surface area contributed by atoms with Crippen LogP contribution in [0.3, 0.4) is 0 Å². The van der Waals surface area contributed by atoms with Gasteiger partial charge in [-0.1, -0.05) is 12.1 Å². The summed E-state index contributed by atoms with van der Waals surface area (Å²) in [4.78, 5) is 16.2. The molecule has 1 amide bonds. The molecule has 122 valence electrons. The van der Waals surface area contributed by atoms with Gasteiger partial charge in [0.05, 0.1) is 12.8 Å². The van der Waals surface area contributed by atoms with E-state index in [4.69, 9.17) is 4.74 Å². The van der Waals surface area contributed by atoms with Crippen LogP contribution in [0.15, 0.2) is 24.3 Å². The van der Waals surface area contributed by atoms with E-state index in [9.17, 15) is 4.79 Å². The average molecular weight is 305 g/mol. The Hall–Kier alpha value is -1.75. The first-order valence-electron chi connectivity index (χ1n) is 7.98. The molecule has 1 saturated heterocycles. The Morgan fingerprint density at radius 3 is 2.82 bits per heavy atom. The lowest BCUT2D eigenvalue weighted by molar-refractivity contribution is -0.121. The number of anilines is 1. The number of rotatable bonds is 5. The summed E-state index contributed by atoms with van der Waals surface area (Å²) in [6, 6.07) is 8.66. The van der Waals surface area contributed by atoms with Crippen LogP contribution in [-0.4, -0.2) is 57.2 Å². The third-order valence-corrected chi connectivity index (χ3v) is 4.43. The quantitative estimate of drug-likeness (QED) is 0.900. The first kappa shape index (κ1) is 16.6. The van der Waals surface area contributed by atoms with Gasteiger partial charge in [-0.25, -0.2) is 0 Å². The normalized spacial score (nSPS) is 19.6. The van der Waals surface area contributed by atoms with Crippen molar-refractivity contribution in [2.75, 3.05) is 45.2 Å². The zero-order valence-corrected chi connectivity index (χ0v) is 13.8. The average Bonchev–Trinajstić information content (AvgIpc) is 2.74. The van der Waals surface area contributed by atoms with Gasteiger partial charge in [0.25, 0.3) is 0 Å². The summed E-state index contributed by atoms with van der Waals surface area (Å²) >= 11 is 0. The maximum absolute atomic E-state index is 11.5. The molecule has 1 heterocycles. The number of methoxy groups -OCH3 is 1. The lowest BCUT2D eigenvalue weighted by Crippen LogP contribution is -2.37. The first-order valence-corrected chi connectivity index (χ1v) is 7.98. The molecule has 0 aromatic heterocycles. The molecule has 0 aliphatic carbocycles. The van der Waals surface area contributed by atoms with Crippen molar-refractivity contribution in [2.45, 2.75) is 25.8 Å². The molecule has 5 heteroatoms. The van der Waals surface area contributed by atoms with Crippen LogP contribution in [0.1, 0.15) is 19.8 Å². The second-order valence-corrected chi connectivity index (χ2v) is 5.76. The maximum atomic E-state index is 11.5. The highest BCUT2D eigenvalue weighted by Crippen LogP contribution is 2.29. The molecule has 1 aromatic carbocycles. The third-order valence-electron chi connectivity index (χ3n) is 4.43. The molecular weight excluding hydrogens is 278 g/mol. The number of carbonyl (C=O) groups is 1. The molecule has 0 saturated carbocycles. The predicted octanol–water partition coefficient (Wildman–Crippen LogP) is 1.73. The van der Waals surface area contributed by atoms with E-state index in [1.165, 1.54) is 0 Å². The number of hydrogen-bond donors (Lipinski definition) is 1. The van der Waals surface area contributed by atoms with Gasteiger partial charge < -0.3 is 15.0 Å². The molecule has 22 heavy (non-hydrogen) atoms. The van der Waals surface area contributed by atoms with Gasteiger partial charge >= 0.3 is 0 Å². The number of amides is 1. The van der Waals surface area contributed by atoms with Crippen molar-refractivity contribution in [3.63, 3.8) is 0 Å². The van der Waals surface area contributed by atoms with E-state index < -0.39 is 0 Å². The lowest BCUT2D eigenvalue weighted by atomic mass is 10.2. The summed E-state index contributed by atoms with van der Waals surface area (Å²) in [5, 5.41) is 2.69. The van der Waals surface area contributed by atoms with Crippen molar-refractivity contribution < 1.29 is 9.53 Å². The highest BCUT2D eigenvalue weighted by atomic mass is 16.5. The molecule has 1 aromatic rings. The van der Waals surface area contributed by atoms with Crippen LogP contribution < -0.4 is 15.0 Å². The smallest absolute Gasteiger partial charge is 0.221 e. The molecule has 1 atom stereocenters. The lowest BCUT2D eigenvalue weighted by Gasteiger charge is -2.26. The van der Waals surface area contributed by atoms with Gasteiger partial charge in [0.2, 0.25) is 5.91 Å². The Morgan fingerprint density at radius 2 is 2.09 bits per heavy atom. The summed E-state index contributed by atoms with van der Waals surface area (Å²) in [5.74, 6) is 1.03. The second-order valence-electron chi connectivity index (χ2n) is 5.76.